The third kappa shape index (κ3) is 4.48. The number of hydrogen-bond donors (Lipinski definition) is 1. The van der Waals surface area contributed by atoms with Gasteiger partial charge in [0.05, 0.1) is 41.4 Å². The minimum Gasteiger partial charge on any atom is -0.487 e. The number of benzene rings is 1. The van der Waals surface area contributed by atoms with Crippen molar-refractivity contribution < 1.29 is 19.4 Å². The van der Waals surface area contributed by atoms with Crippen molar-refractivity contribution in [2.45, 2.75) is 83.6 Å². The van der Waals surface area contributed by atoms with Crippen LogP contribution in [0.3, 0.4) is 0 Å². The third-order valence-electron chi connectivity index (χ3n) is 6.28. The molecule has 6 heteroatoms. The summed E-state index contributed by atoms with van der Waals surface area (Å²) in [5.41, 5.74) is -0.635. The van der Waals surface area contributed by atoms with Crippen molar-refractivity contribution in [2.75, 3.05) is 13.2 Å². The monoisotopic (exact) mass is 414 g/mol. The van der Waals surface area contributed by atoms with Gasteiger partial charge in [-0.25, -0.2) is 0 Å². The summed E-state index contributed by atoms with van der Waals surface area (Å²) in [6.07, 6.45) is 1.88. The molecule has 0 spiro atoms. The van der Waals surface area contributed by atoms with Gasteiger partial charge in [0, 0.05) is 18.5 Å². The Morgan fingerprint density at radius 1 is 1.33 bits per heavy atom. The number of carbonyl (C=O) groups is 1. The molecule has 0 aliphatic carbocycles. The number of aliphatic hydroxyl groups is 1. The first-order valence-electron chi connectivity index (χ1n) is 10.7. The summed E-state index contributed by atoms with van der Waals surface area (Å²) >= 11 is 0. The van der Waals surface area contributed by atoms with Gasteiger partial charge in [-0.1, -0.05) is 0 Å². The molecule has 1 amide bonds. The topological polar surface area (TPSA) is 82.8 Å². The van der Waals surface area contributed by atoms with Crippen LogP contribution < -0.4 is 4.74 Å². The molecule has 6 nitrogen and oxygen atoms in total. The number of nitriles is 1. The lowest BCUT2D eigenvalue weighted by Crippen LogP contribution is -2.58. The summed E-state index contributed by atoms with van der Waals surface area (Å²) in [5, 5.41) is 19.5. The molecule has 0 bridgehead atoms. The van der Waals surface area contributed by atoms with Gasteiger partial charge in [-0.3, -0.25) is 4.79 Å². The van der Waals surface area contributed by atoms with Crippen molar-refractivity contribution >= 4 is 5.91 Å². The molecule has 2 heterocycles. The van der Waals surface area contributed by atoms with Crippen molar-refractivity contribution in [2.24, 2.45) is 5.92 Å². The average molecular weight is 415 g/mol. The van der Waals surface area contributed by atoms with E-state index in [9.17, 15) is 15.2 Å². The van der Waals surface area contributed by atoms with Crippen molar-refractivity contribution in [1.29, 1.82) is 5.26 Å². The zero-order chi connectivity index (χ0) is 22.3. The molecular weight excluding hydrogens is 380 g/mol. The van der Waals surface area contributed by atoms with Crippen LogP contribution in [0, 0.1) is 17.2 Å². The molecule has 30 heavy (non-hydrogen) atoms. The number of nitrogens with zero attached hydrogens (tertiary/aromatic N) is 2. The van der Waals surface area contributed by atoms with E-state index < -0.39 is 16.8 Å². The van der Waals surface area contributed by atoms with Gasteiger partial charge in [-0.15, -0.1) is 0 Å². The highest BCUT2D eigenvalue weighted by atomic mass is 16.5. The molecule has 1 aromatic rings. The van der Waals surface area contributed by atoms with Crippen LogP contribution in [-0.2, 0) is 9.53 Å². The number of amides is 1. The van der Waals surface area contributed by atoms with Gasteiger partial charge in [-0.2, -0.15) is 5.26 Å². The fourth-order valence-corrected chi connectivity index (χ4v) is 5.03. The number of likely N-dealkylation sites (tertiary alicyclic amines) is 1. The van der Waals surface area contributed by atoms with E-state index in [0.717, 1.165) is 12.0 Å². The minimum absolute atomic E-state index is 0.128. The zero-order valence-corrected chi connectivity index (χ0v) is 19.0. The van der Waals surface area contributed by atoms with Gasteiger partial charge in [0.15, 0.2) is 0 Å². The van der Waals surface area contributed by atoms with Crippen LogP contribution in [0.4, 0.5) is 0 Å². The van der Waals surface area contributed by atoms with Crippen molar-refractivity contribution in [1.82, 2.24) is 4.90 Å². The lowest BCUT2D eigenvalue weighted by Gasteiger charge is -2.53. The van der Waals surface area contributed by atoms with Crippen molar-refractivity contribution in [3.05, 3.63) is 29.3 Å². The molecular formula is C24H34N2O4. The maximum Gasteiger partial charge on any atom is 0.223 e. The highest BCUT2D eigenvalue weighted by Crippen LogP contribution is 2.52. The SMILES string of the molecule is CC(C)(O)CCOC(C)(C)[C@@H]1[C@H](N2CCCC2=O)c2cc(C#N)ccc2OC1(C)C. The Hall–Kier alpha value is -2.10. The second-order valence-electron chi connectivity index (χ2n) is 10.2. The van der Waals surface area contributed by atoms with Crippen LogP contribution in [0.5, 0.6) is 5.75 Å². The van der Waals surface area contributed by atoms with Crippen LogP contribution in [0.25, 0.3) is 0 Å². The Balaban J connectivity index is 2.05. The van der Waals surface area contributed by atoms with Crippen LogP contribution in [0.15, 0.2) is 18.2 Å². The number of carbonyl (C=O) groups excluding carboxylic acids is 1. The van der Waals surface area contributed by atoms with E-state index in [-0.39, 0.29) is 17.9 Å². The summed E-state index contributed by atoms with van der Waals surface area (Å²) in [5.74, 6) is 0.672. The molecule has 2 aliphatic rings. The molecule has 1 saturated heterocycles. The number of ether oxygens (including phenoxy) is 2. The maximum atomic E-state index is 12.8. The van der Waals surface area contributed by atoms with Crippen LogP contribution in [-0.4, -0.2) is 45.9 Å². The van der Waals surface area contributed by atoms with E-state index in [1.54, 1.807) is 19.9 Å². The van der Waals surface area contributed by atoms with E-state index in [1.807, 2.05) is 44.7 Å². The fourth-order valence-electron chi connectivity index (χ4n) is 5.03. The van der Waals surface area contributed by atoms with Gasteiger partial charge in [0.1, 0.15) is 11.4 Å². The Bertz CT molecular complexity index is 848. The van der Waals surface area contributed by atoms with Gasteiger partial charge >= 0.3 is 0 Å². The summed E-state index contributed by atoms with van der Waals surface area (Å²) in [6, 6.07) is 7.40. The average Bonchev–Trinajstić information content (AvgIpc) is 3.03. The number of hydrogen-bond acceptors (Lipinski definition) is 5. The first kappa shape index (κ1) is 22.6. The molecule has 1 fully saturated rings. The molecule has 1 aromatic carbocycles. The second-order valence-corrected chi connectivity index (χ2v) is 10.2. The van der Waals surface area contributed by atoms with E-state index >= 15 is 0 Å². The summed E-state index contributed by atoms with van der Waals surface area (Å²) < 4.78 is 12.7. The molecule has 0 saturated carbocycles. The van der Waals surface area contributed by atoms with E-state index in [2.05, 4.69) is 6.07 Å². The largest absolute Gasteiger partial charge is 0.487 e. The third-order valence-corrected chi connectivity index (χ3v) is 6.28. The van der Waals surface area contributed by atoms with Crippen LogP contribution >= 0.6 is 0 Å². The Kier molecular flexibility index (Phi) is 5.92. The van der Waals surface area contributed by atoms with Crippen LogP contribution in [0.2, 0.25) is 0 Å². The Morgan fingerprint density at radius 2 is 2.03 bits per heavy atom. The molecule has 2 aliphatic heterocycles. The smallest absolute Gasteiger partial charge is 0.223 e. The Morgan fingerprint density at radius 3 is 2.60 bits per heavy atom. The predicted octanol–water partition coefficient (Wildman–Crippen LogP) is 3.97. The van der Waals surface area contributed by atoms with Crippen molar-refractivity contribution in [3.63, 3.8) is 0 Å². The van der Waals surface area contributed by atoms with Gasteiger partial charge in [0.2, 0.25) is 5.91 Å². The fraction of sp³-hybridized carbons (Fsp3) is 0.667. The lowest BCUT2D eigenvalue weighted by molar-refractivity contribution is -0.165. The quantitative estimate of drug-likeness (QED) is 0.762. The first-order valence-corrected chi connectivity index (χ1v) is 10.7. The molecule has 164 valence electrons. The lowest BCUT2D eigenvalue weighted by atomic mass is 9.69. The highest BCUT2D eigenvalue weighted by molar-refractivity contribution is 5.79. The molecule has 3 rings (SSSR count). The number of rotatable bonds is 6. The molecule has 0 unspecified atom stereocenters. The summed E-state index contributed by atoms with van der Waals surface area (Å²) in [4.78, 5) is 14.8. The second kappa shape index (κ2) is 7.86. The van der Waals surface area contributed by atoms with Crippen LogP contribution in [0.1, 0.15) is 78.0 Å². The number of fused-ring (bicyclic) bond motifs is 1. The van der Waals surface area contributed by atoms with Gasteiger partial charge < -0.3 is 19.5 Å². The normalized spacial score (nSPS) is 23.7. The maximum absolute atomic E-state index is 12.8. The first-order chi connectivity index (χ1) is 13.9. The highest BCUT2D eigenvalue weighted by Gasteiger charge is 2.55. The van der Waals surface area contributed by atoms with E-state index in [1.165, 1.54) is 0 Å². The van der Waals surface area contributed by atoms with Gasteiger partial charge in [0.25, 0.3) is 0 Å². The Labute approximate surface area is 179 Å². The van der Waals surface area contributed by atoms with Crippen molar-refractivity contribution in [3.8, 4) is 11.8 Å². The molecule has 0 aromatic heterocycles. The summed E-state index contributed by atoms with van der Waals surface area (Å²) in [7, 11) is 0. The van der Waals surface area contributed by atoms with E-state index in [0.29, 0.717) is 37.3 Å². The van der Waals surface area contributed by atoms with Gasteiger partial charge in [-0.05, 0) is 72.6 Å². The standard InChI is InChI=1S/C24H34N2O4/c1-22(2,28)11-13-29-23(3,4)21-20(26-12-7-8-19(26)27)17-14-16(15-25)9-10-18(17)30-24(21,5)6/h9-10,14,20-21,28H,7-8,11-13H2,1-6H3/t20-,21+/m1/s1. The molecule has 1 N–H and O–H groups in total. The molecule has 2 atom stereocenters. The predicted molar refractivity (Wildman–Crippen MR) is 114 cm³/mol. The minimum atomic E-state index is -0.812. The zero-order valence-electron chi connectivity index (χ0n) is 19.0. The van der Waals surface area contributed by atoms with E-state index in [4.69, 9.17) is 9.47 Å². The summed E-state index contributed by atoms with van der Waals surface area (Å²) in [6.45, 7) is 12.7. The molecule has 0 radical (unpaired) electrons.